The molecule has 0 saturated carbocycles. The molecule has 2 aromatic carbocycles. The number of hydrogen-bond donors (Lipinski definition) is 1. The van der Waals surface area contributed by atoms with Crippen LogP contribution >= 0.6 is 0 Å². The van der Waals surface area contributed by atoms with Crippen LogP contribution < -0.4 is 5.32 Å². The first-order valence-corrected chi connectivity index (χ1v) is 11.2. The van der Waals surface area contributed by atoms with Gasteiger partial charge in [-0.05, 0) is 29.9 Å². The van der Waals surface area contributed by atoms with Gasteiger partial charge in [-0.25, -0.2) is 0 Å². The van der Waals surface area contributed by atoms with Crippen LogP contribution in [0.1, 0.15) is 30.0 Å². The van der Waals surface area contributed by atoms with Crippen molar-refractivity contribution in [3.63, 3.8) is 0 Å². The minimum absolute atomic E-state index is 0.0196. The molecule has 0 bridgehead atoms. The Labute approximate surface area is 180 Å². The van der Waals surface area contributed by atoms with E-state index in [-0.39, 0.29) is 11.9 Å². The van der Waals surface area contributed by atoms with Crippen molar-refractivity contribution >= 4 is 5.91 Å². The molecule has 5 nitrogen and oxygen atoms in total. The quantitative estimate of drug-likeness (QED) is 0.767. The van der Waals surface area contributed by atoms with Gasteiger partial charge < -0.3 is 9.64 Å². The van der Waals surface area contributed by atoms with Gasteiger partial charge in [0.25, 0.3) is 0 Å². The number of ether oxygens (including phenoxy) is 1. The minimum Gasteiger partial charge on any atom is -0.381 e. The van der Waals surface area contributed by atoms with Crippen molar-refractivity contribution in [2.45, 2.75) is 18.9 Å². The summed E-state index contributed by atoms with van der Waals surface area (Å²) < 4.78 is 5.47. The third kappa shape index (κ3) is 5.69. The standard InChI is InChI=1S/C25H33N3O2/c29-24(28-15-13-27(14-16-28)20-21-11-17-30-18-12-21)19-26-25(22-7-3-1-4-8-22)23-9-5-2-6-10-23/h1-10,21,25-26H,11-20H2. The van der Waals surface area contributed by atoms with E-state index >= 15 is 0 Å². The first kappa shape index (κ1) is 21.0. The monoisotopic (exact) mass is 407 g/mol. The lowest BCUT2D eigenvalue weighted by Crippen LogP contribution is -2.52. The predicted octanol–water partition coefficient (Wildman–Crippen LogP) is 2.94. The zero-order chi connectivity index (χ0) is 20.6. The fourth-order valence-electron chi connectivity index (χ4n) is 4.49. The Hall–Kier alpha value is -2.21. The summed E-state index contributed by atoms with van der Waals surface area (Å²) in [7, 11) is 0. The van der Waals surface area contributed by atoms with E-state index in [1.54, 1.807) is 0 Å². The molecule has 2 aliphatic heterocycles. The van der Waals surface area contributed by atoms with Gasteiger partial charge in [-0.1, -0.05) is 60.7 Å². The van der Waals surface area contributed by atoms with Gasteiger partial charge in [0.05, 0.1) is 12.6 Å². The molecule has 0 aromatic heterocycles. The Morgan fingerprint density at radius 2 is 1.47 bits per heavy atom. The summed E-state index contributed by atoms with van der Waals surface area (Å²) in [6.07, 6.45) is 2.34. The highest BCUT2D eigenvalue weighted by Gasteiger charge is 2.24. The second-order valence-electron chi connectivity index (χ2n) is 8.37. The average Bonchev–Trinajstić information content (AvgIpc) is 2.82. The van der Waals surface area contributed by atoms with Gasteiger partial charge in [0.15, 0.2) is 0 Å². The lowest BCUT2D eigenvalue weighted by molar-refractivity contribution is -0.132. The van der Waals surface area contributed by atoms with Gasteiger partial charge in [-0.3, -0.25) is 15.0 Å². The van der Waals surface area contributed by atoms with Crippen molar-refractivity contribution in [2.75, 3.05) is 52.5 Å². The van der Waals surface area contributed by atoms with E-state index in [0.29, 0.717) is 6.54 Å². The summed E-state index contributed by atoms with van der Waals surface area (Å²) in [5.74, 6) is 0.942. The maximum absolute atomic E-state index is 12.9. The predicted molar refractivity (Wildman–Crippen MR) is 119 cm³/mol. The smallest absolute Gasteiger partial charge is 0.236 e. The summed E-state index contributed by atoms with van der Waals surface area (Å²) in [5, 5.41) is 3.51. The summed E-state index contributed by atoms with van der Waals surface area (Å²) in [6, 6.07) is 20.7. The largest absolute Gasteiger partial charge is 0.381 e. The highest BCUT2D eigenvalue weighted by Crippen LogP contribution is 2.22. The van der Waals surface area contributed by atoms with E-state index in [1.165, 1.54) is 24.0 Å². The molecule has 2 heterocycles. The SMILES string of the molecule is O=C(CNC(c1ccccc1)c1ccccc1)N1CCN(CC2CCOCC2)CC1. The van der Waals surface area contributed by atoms with Gasteiger partial charge in [-0.2, -0.15) is 0 Å². The fraction of sp³-hybridized carbons (Fsp3) is 0.480. The molecule has 0 spiro atoms. The molecule has 0 unspecified atom stereocenters. The number of nitrogens with zero attached hydrogens (tertiary/aromatic N) is 2. The number of carbonyl (C=O) groups excluding carboxylic acids is 1. The van der Waals surface area contributed by atoms with Crippen molar-refractivity contribution in [3.05, 3.63) is 71.8 Å². The van der Waals surface area contributed by atoms with Crippen molar-refractivity contribution < 1.29 is 9.53 Å². The van der Waals surface area contributed by atoms with Crippen LogP contribution in [0.4, 0.5) is 0 Å². The van der Waals surface area contributed by atoms with Crippen molar-refractivity contribution in [3.8, 4) is 0 Å². The van der Waals surface area contributed by atoms with Crippen LogP contribution in [0.2, 0.25) is 0 Å². The van der Waals surface area contributed by atoms with Gasteiger partial charge in [-0.15, -0.1) is 0 Å². The third-order valence-corrected chi connectivity index (χ3v) is 6.31. The molecular formula is C25H33N3O2. The Kier molecular flexibility index (Phi) is 7.51. The molecule has 2 aliphatic rings. The molecule has 5 heteroatoms. The Morgan fingerprint density at radius 3 is 2.03 bits per heavy atom. The maximum atomic E-state index is 12.9. The first-order valence-electron chi connectivity index (χ1n) is 11.2. The van der Waals surface area contributed by atoms with E-state index < -0.39 is 0 Å². The lowest BCUT2D eigenvalue weighted by atomic mass is 9.98. The van der Waals surface area contributed by atoms with Crippen molar-refractivity contribution in [1.82, 2.24) is 15.1 Å². The molecule has 2 saturated heterocycles. The fourth-order valence-corrected chi connectivity index (χ4v) is 4.49. The van der Waals surface area contributed by atoms with Crippen LogP contribution in [0.3, 0.4) is 0 Å². The number of rotatable bonds is 7. The Bertz CT molecular complexity index is 730. The van der Waals surface area contributed by atoms with E-state index in [0.717, 1.165) is 51.9 Å². The number of amides is 1. The van der Waals surface area contributed by atoms with Gasteiger partial charge >= 0.3 is 0 Å². The number of benzene rings is 2. The van der Waals surface area contributed by atoms with E-state index in [2.05, 4.69) is 34.5 Å². The molecule has 0 aliphatic carbocycles. The van der Waals surface area contributed by atoms with Crippen LogP contribution in [-0.2, 0) is 9.53 Å². The highest BCUT2D eigenvalue weighted by atomic mass is 16.5. The van der Waals surface area contributed by atoms with Crippen LogP contribution in [0, 0.1) is 5.92 Å². The zero-order valence-corrected chi connectivity index (χ0v) is 17.7. The maximum Gasteiger partial charge on any atom is 0.236 e. The Balaban J connectivity index is 1.29. The summed E-state index contributed by atoms with van der Waals surface area (Å²) in [6.45, 7) is 6.91. The van der Waals surface area contributed by atoms with Crippen LogP contribution in [-0.4, -0.2) is 68.2 Å². The van der Waals surface area contributed by atoms with Gasteiger partial charge in [0.1, 0.15) is 0 Å². The Morgan fingerprint density at radius 1 is 0.900 bits per heavy atom. The van der Waals surface area contributed by atoms with E-state index in [4.69, 9.17) is 4.74 Å². The molecule has 30 heavy (non-hydrogen) atoms. The molecule has 2 fully saturated rings. The molecule has 0 radical (unpaired) electrons. The zero-order valence-electron chi connectivity index (χ0n) is 17.7. The topological polar surface area (TPSA) is 44.8 Å². The summed E-state index contributed by atoms with van der Waals surface area (Å²) in [4.78, 5) is 17.4. The average molecular weight is 408 g/mol. The summed E-state index contributed by atoms with van der Waals surface area (Å²) in [5.41, 5.74) is 2.36. The van der Waals surface area contributed by atoms with Crippen LogP contribution in [0.25, 0.3) is 0 Å². The van der Waals surface area contributed by atoms with Crippen LogP contribution in [0.15, 0.2) is 60.7 Å². The molecule has 1 N–H and O–H groups in total. The highest BCUT2D eigenvalue weighted by molar-refractivity contribution is 5.78. The summed E-state index contributed by atoms with van der Waals surface area (Å²) >= 11 is 0. The van der Waals surface area contributed by atoms with E-state index in [9.17, 15) is 4.79 Å². The molecule has 2 aromatic rings. The molecular weight excluding hydrogens is 374 g/mol. The normalized spacial score (nSPS) is 18.6. The molecule has 1 amide bonds. The molecule has 160 valence electrons. The van der Waals surface area contributed by atoms with Crippen molar-refractivity contribution in [2.24, 2.45) is 5.92 Å². The number of hydrogen-bond acceptors (Lipinski definition) is 4. The van der Waals surface area contributed by atoms with Gasteiger partial charge in [0.2, 0.25) is 5.91 Å². The second kappa shape index (κ2) is 10.7. The molecule has 0 atom stereocenters. The number of nitrogens with one attached hydrogen (secondary N) is 1. The minimum atomic E-state index is 0.0196. The first-order chi connectivity index (χ1) is 14.8. The van der Waals surface area contributed by atoms with E-state index in [1.807, 2.05) is 41.3 Å². The van der Waals surface area contributed by atoms with Gasteiger partial charge in [0, 0.05) is 45.9 Å². The van der Waals surface area contributed by atoms with Crippen molar-refractivity contribution in [1.29, 1.82) is 0 Å². The lowest BCUT2D eigenvalue weighted by Gasteiger charge is -2.37. The number of carbonyl (C=O) groups is 1. The number of piperazine rings is 1. The second-order valence-corrected chi connectivity index (χ2v) is 8.37. The van der Waals surface area contributed by atoms with Crippen LogP contribution in [0.5, 0.6) is 0 Å². The molecule has 4 rings (SSSR count). The third-order valence-electron chi connectivity index (χ3n) is 6.31.